The Kier molecular flexibility index (Phi) is 5.49. The molecule has 2 aromatic carbocycles. The van der Waals surface area contributed by atoms with Gasteiger partial charge in [-0.15, -0.1) is 0 Å². The number of nitrogens with one attached hydrogen (secondary N) is 2. The Hall–Kier alpha value is -3.46. The van der Waals surface area contributed by atoms with Crippen molar-refractivity contribution < 1.29 is 13.2 Å². The van der Waals surface area contributed by atoms with Crippen LogP contribution in [0.15, 0.2) is 54.6 Å². The van der Waals surface area contributed by atoms with E-state index in [-0.39, 0.29) is 17.3 Å². The molecule has 5 rings (SSSR count). The summed E-state index contributed by atoms with van der Waals surface area (Å²) in [6.45, 7) is 1.83. The number of anilines is 2. The SMILES string of the molecule is CN1CCC(c2cc(Nc3n[nH]c4ccccc34)nc(-c3ccccc3C(F)(F)F)n2)CC1. The lowest BCUT2D eigenvalue weighted by atomic mass is 9.93. The third kappa shape index (κ3) is 4.41. The Morgan fingerprint density at radius 1 is 1.00 bits per heavy atom. The molecule has 0 atom stereocenters. The van der Waals surface area contributed by atoms with E-state index in [9.17, 15) is 13.2 Å². The molecule has 170 valence electrons. The van der Waals surface area contributed by atoms with E-state index in [2.05, 4.69) is 37.4 Å². The molecular formula is C24H23F3N6. The third-order valence-corrected chi connectivity index (χ3v) is 6.07. The molecule has 0 bridgehead atoms. The van der Waals surface area contributed by atoms with Crippen molar-refractivity contribution in [3.8, 4) is 11.4 Å². The number of halogens is 3. The highest BCUT2D eigenvalue weighted by Crippen LogP contribution is 2.37. The molecule has 0 amide bonds. The van der Waals surface area contributed by atoms with Gasteiger partial charge in [-0.3, -0.25) is 5.10 Å². The third-order valence-electron chi connectivity index (χ3n) is 6.07. The second-order valence-electron chi connectivity index (χ2n) is 8.37. The summed E-state index contributed by atoms with van der Waals surface area (Å²) in [5.41, 5.74) is 0.816. The maximum absolute atomic E-state index is 13.7. The lowest BCUT2D eigenvalue weighted by molar-refractivity contribution is -0.137. The van der Waals surface area contributed by atoms with Crippen molar-refractivity contribution in [2.45, 2.75) is 24.9 Å². The van der Waals surface area contributed by atoms with Crippen molar-refractivity contribution in [1.29, 1.82) is 0 Å². The van der Waals surface area contributed by atoms with Crippen LogP contribution in [0.4, 0.5) is 24.8 Å². The molecule has 2 aromatic heterocycles. The highest BCUT2D eigenvalue weighted by atomic mass is 19.4. The summed E-state index contributed by atoms with van der Waals surface area (Å²) in [5, 5.41) is 11.3. The number of piperidine rings is 1. The van der Waals surface area contributed by atoms with E-state index in [1.54, 1.807) is 6.07 Å². The highest BCUT2D eigenvalue weighted by molar-refractivity contribution is 5.91. The van der Waals surface area contributed by atoms with E-state index in [4.69, 9.17) is 0 Å². The van der Waals surface area contributed by atoms with Gasteiger partial charge in [-0.2, -0.15) is 18.3 Å². The van der Waals surface area contributed by atoms with E-state index in [0.717, 1.165) is 48.6 Å². The van der Waals surface area contributed by atoms with Crippen LogP contribution in [0.1, 0.15) is 30.0 Å². The zero-order chi connectivity index (χ0) is 23.0. The number of nitrogens with zero attached hydrogens (tertiary/aromatic N) is 4. The molecule has 0 unspecified atom stereocenters. The fourth-order valence-corrected chi connectivity index (χ4v) is 4.27. The first-order valence-corrected chi connectivity index (χ1v) is 10.8. The first-order chi connectivity index (χ1) is 15.9. The van der Waals surface area contributed by atoms with Crippen LogP contribution in [0.25, 0.3) is 22.3 Å². The second-order valence-corrected chi connectivity index (χ2v) is 8.37. The summed E-state index contributed by atoms with van der Waals surface area (Å²) in [4.78, 5) is 11.3. The minimum atomic E-state index is -4.50. The van der Waals surface area contributed by atoms with Crippen LogP contribution in [0.2, 0.25) is 0 Å². The van der Waals surface area contributed by atoms with Crippen LogP contribution < -0.4 is 5.32 Å². The fraction of sp³-hybridized carbons (Fsp3) is 0.292. The van der Waals surface area contributed by atoms with Gasteiger partial charge in [-0.25, -0.2) is 9.97 Å². The summed E-state index contributed by atoms with van der Waals surface area (Å²) < 4.78 is 41.2. The zero-order valence-corrected chi connectivity index (χ0v) is 18.0. The molecule has 2 N–H and O–H groups in total. The van der Waals surface area contributed by atoms with Gasteiger partial charge in [-0.1, -0.05) is 30.3 Å². The average Bonchev–Trinajstić information content (AvgIpc) is 3.21. The van der Waals surface area contributed by atoms with Gasteiger partial charge in [-0.05, 0) is 51.2 Å². The number of aromatic amines is 1. The van der Waals surface area contributed by atoms with Crippen molar-refractivity contribution >= 4 is 22.5 Å². The minimum absolute atomic E-state index is 0.0327. The minimum Gasteiger partial charge on any atom is -0.323 e. The van der Waals surface area contributed by atoms with E-state index in [1.807, 2.05) is 30.3 Å². The normalized spacial score (nSPS) is 15.8. The van der Waals surface area contributed by atoms with Crippen molar-refractivity contribution in [2.75, 3.05) is 25.5 Å². The van der Waals surface area contributed by atoms with Gasteiger partial charge in [0.15, 0.2) is 11.6 Å². The Morgan fingerprint density at radius 2 is 1.73 bits per heavy atom. The van der Waals surface area contributed by atoms with Gasteiger partial charge in [0.2, 0.25) is 0 Å². The number of hydrogen-bond acceptors (Lipinski definition) is 5. The summed E-state index contributed by atoms with van der Waals surface area (Å²) in [6.07, 6.45) is -2.73. The van der Waals surface area contributed by atoms with Crippen LogP contribution >= 0.6 is 0 Å². The quantitative estimate of drug-likeness (QED) is 0.422. The van der Waals surface area contributed by atoms with Crippen LogP contribution in [0.5, 0.6) is 0 Å². The molecule has 0 aliphatic carbocycles. The predicted octanol–water partition coefficient (Wildman–Crippen LogP) is 5.59. The Balaban J connectivity index is 1.60. The number of rotatable bonds is 4. The van der Waals surface area contributed by atoms with Crippen molar-refractivity contribution in [2.24, 2.45) is 0 Å². The number of H-pyrrole nitrogens is 1. The molecule has 6 nitrogen and oxygen atoms in total. The van der Waals surface area contributed by atoms with E-state index in [1.165, 1.54) is 12.1 Å². The largest absolute Gasteiger partial charge is 0.417 e. The molecule has 1 fully saturated rings. The summed E-state index contributed by atoms with van der Waals surface area (Å²) in [5.74, 6) is 1.19. The number of hydrogen-bond donors (Lipinski definition) is 2. The van der Waals surface area contributed by atoms with Gasteiger partial charge in [0.25, 0.3) is 0 Å². The van der Waals surface area contributed by atoms with Gasteiger partial charge in [0.1, 0.15) is 5.82 Å². The van der Waals surface area contributed by atoms with E-state index < -0.39 is 11.7 Å². The summed E-state index contributed by atoms with van der Waals surface area (Å²) in [6, 6.07) is 14.9. The fourth-order valence-electron chi connectivity index (χ4n) is 4.27. The first-order valence-electron chi connectivity index (χ1n) is 10.8. The van der Waals surface area contributed by atoms with Crippen LogP contribution in [-0.2, 0) is 6.18 Å². The second kappa shape index (κ2) is 8.47. The number of likely N-dealkylation sites (tertiary alicyclic amines) is 1. The molecular weight excluding hydrogens is 429 g/mol. The van der Waals surface area contributed by atoms with Crippen molar-refractivity contribution in [3.63, 3.8) is 0 Å². The number of fused-ring (bicyclic) bond motifs is 1. The summed E-state index contributed by atoms with van der Waals surface area (Å²) in [7, 11) is 2.07. The standard InChI is InChI=1S/C24H23F3N6/c1-33-12-10-15(11-13-33)20-14-21(30-23-17-7-3-5-9-19(17)31-32-23)29-22(28-20)16-6-2-4-8-18(16)24(25,26)27/h2-9,14-15H,10-13H2,1H3,(H2,28,29,30,31,32). The monoisotopic (exact) mass is 452 g/mol. The van der Waals surface area contributed by atoms with Gasteiger partial charge < -0.3 is 10.2 Å². The molecule has 1 aliphatic heterocycles. The van der Waals surface area contributed by atoms with E-state index in [0.29, 0.717) is 11.6 Å². The maximum Gasteiger partial charge on any atom is 0.417 e. The van der Waals surface area contributed by atoms with Gasteiger partial charge in [0.05, 0.1) is 11.1 Å². The molecule has 1 aliphatic rings. The number of benzene rings is 2. The topological polar surface area (TPSA) is 69.7 Å². The Labute approximate surface area is 188 Å². The maximum atomic E-state index is 13.7. The Bertz CT molecular complexity index is 1270. The average molecular weight is 452 g/mol. The number of alkyl halides is 3. The number of para-hydroxylation sites is 1. The molecule has 9 heteroatoms. The number of aromatic nitrogens is 4. The van der Waals surface area contributed by atoms with Crippen molar-refractivity contribution in [1.82, 2.24) is 25.1 Å². The first kappa shape index (κ1) is 21.4. The zero-order valence-electron chi connectivity index (χ0n) is 18.0. The molecule has 0 spiro atoms. The van der Waals surface area contributed by atoms with Gasteiger partial charge in [0, 0.05) is 28.6 Å². The molecule has 0 radical (unpaired) electrons. The molecule has 3 heterocycles. The lowest BCUT2D eigenvalue weighted by Crippen LogP contribution is -2.29. The van der Waals surface area contributed by atoms with Crippen LogP contribution in [-0.4, -0.2) is 45.2 Å². The summed E-state index contributed by atoms with van der Waals surface area (Å²) >= 11 is 0. The van der Waals surface area contributed by atoms with Crippen molar-refractivity contribution in [3.05, 3.63) is 65.9 Å². The van der Waals surface area contributed by atoms with Gasteiger partial charge >= 0.3 is 6.18 Å². The van der Waals surface area contributed by atoms with Crippen LogP contribution in [0, 0.1) is 0 Å². The van der Waals surface area contributed by atoms with E-state index >= 15 is 0 Å². The van der Waals surface area contributed by atoms with Crippen LogP contribution in [0.3, 0.4) is 0 Å². The smallest absolute Gasteiger partial charge is 0.323 e. The lowest BCUT2D eigenvalue weighted by Gasteiger charge is -2.29. The highest BCUT2D eigenvalue weighted by Gasteiger charge is 2.34. The predicted molar refractivity (Wildman–Crippen MR) is 121 cm³/mol. The molecule has 1 saturated heterocycles. The molecule has 4 aromatic rings. The molecule has 33 heavy (non-hydrogen) atoms. The Morgan fingerprint density at radius 3 is 2.52 bits per heavy atom. The molecule has 0 saturated carbocycles.